The number of rotatable bonds is 2. The van der Waals surface area contributed by atoms with Crippen LogP contribution in [0.25, 0.3) is 0 Å². The number of fused-ring (bicyclic) bond motifs is 1. The first-order valence-corrected chi connectivity index (χ1v) is 3.56. The van der Waals surface area contributed by atoms with Crippen LogP contribution in [0.1, 0.15) is 19.2 Å². The monoisotopic (exact) mass is 138 g/mol. The van der Waals surface area contributed by atoms with Crippen molar-refractivity contribution in [2.45, 2.75) is 19.8 Å². The van der Waals surface area contributed by atoms with Gasteiger partial charge in [-0.1, -0.05) is 6.92 Å². The maximum atomic E-state index is 5.01. The van der Waals surface area contributed by atoms with Gasteiger partial charge < -0.3 is 4.74 Å². The van der Waals surface area contributed by atoms with Gasteiger partial charge in [0.25, 0.3) is 11.8 Å². The first-order chi connectivity index (χ1) is 4.83. The van der Waals surface area contributed by atoms with Gasteiger partial charge in [-0.3, -0.25) is 4.57 Å². The predicted molar refractivity (Wildman–Crippen MR) is 37.3 cm³/mol. The maximum Gasteiger partial charge on any atom is 0.285 e. The van der Waals surface area contributed by atoms with E-state index in [2.05, 4.69) is 11.9 Å². The minimum atomic E-state index is 0.825. The number of hydrogen-bond acceptors (Lipinski definition) is 2. The van der Waals surface area contributed by atoms with Gasteiger partial charge in [0.05, 0.1) is 0 Å². The van der Waals surface area contributed by atoms with Crippen molar-refractivity contribution < 1.29 is 4.74 Å². The molecule has 0 aromatic carbocycles. The number of ether oxygens (including phenoxy) is 1. The van der Waals surface area contributed by atoms with Crippen molar-refractivity contribution in [2.75, 3.05) is 0 Å². The zero-order valence-corrected chi connectivity index (χ0v) is 6.22. The molecule has 1 aliphatic rings. The normalized spacial score (nSPS) is 12.6. The predicted octanol–water partition coefficient (Wildman–Crippen LogP) is 1.48. The summed E-state index contributed by atoms with van der Waals surface area (Å²) in [6.07, 6.45) is 2.19. The molecular formula is C7H10N2O. The topological polar surface area (TPSA) is 30.4 Å². The lowest BCUT2D eigenvalue weighted by atomic mass is 10.3. The minimum absolute atomic E-state index is 0.825. The van der Waals surface area contributed by atoms with Crippen LogP contribution in [-0.4, -0.2) is 9.55 Å². The van der Waals surface area contributed by atoms with E-state index in [1.807, 2.05) is 11.6 Å². The SMILES string of the molecule is CCCc1nc2c(n1C)O2. The van der Waals surface area contributed by atoms with Gasteiger partial charge in [0, 0.05) is 13.5 Å². The summed E-state index contributed by atoms with van der Waals surface area (Å²) in [6.45, 7) is 2.15. The van der Waals surface area contributed by atoms with Crippen LogP contribution in [-0.2, 0) is 13.5 Å². The molecule has 0 saturated carbocycles. The van der Waals surface area contributed by atoms with Gasteiger partial charge in [-0.2, -0.15) is 4.98 Å². The molecule has 0 atom stereocenters. The summed E-state index contributed by atoms with van der Waals surface area (Å²) in [6, 6.07) is 0. The quantitative estimate of drug-likeness (QED) is 0.588. The summed E-state index contributed by atoms with van der Waals surface area (Å²) in [5.41, 5.74) is 0. The van der Waals surface area contributed by atoms with Gasteiger partial charge in [0.1, 0.15) is 5.82 Å². The molecule has 3 heteroatoms. The molecular weight excluding hydrogens is 128 g/mol. The smallest absolute Gasteiger partial charge is 0.285 e. The molecule has 2 rings (SSSR count). The highest BCUT2D eigenvalue weighted by atomic mass is 16.6. The standard InChI is InChI=1S/C7H10N2O/c1-3-4-5-8-6-7(10-6)9(5)2/h3-4H2,1-2H3. The number of aryl methyl sites for hydroxylation is 1. The van der Waals surface area contributed by atoms with E-state index in [1.165, 1.54) is 0 Å². The van der Waals surface area contributed by atoms with Crippen LogP contribution in [0.5, 0.6) is 11.8 Å². The van der Waals surface area contributed by atoms with E-state index in [-0.39, 0.29) is 0 Å². The van der Waals surface area contributed by atoms with Gasteiger partial charge in [-0.15, -0.1) is 0 Å². The van der Waals surface area contributed by atoms with E-state index in [0.29, 0.717) is 0 Å². The molecule has 54 valence electrons. The van der Waals surface area contributed by atoms with Crippen LogP contribution in [0, 0.1) is 0 Å². The van der Waals surface area contributed by atoms with E-state index < -0.39 is 0 Å². The molecule has 0 radical (unpaired) electrons. The fourth-order valence-electron chi connectivity index (χ4n) is 1.11. The molecule has 0 bridgehead atoms. The lowest BCUT2D eigenvalue weighted by molar-refractivity contribution is 0.551. The van der Waals surface area contributed by atoms with E-state index in [9.17, 15) is 0 Å². The molecule has 1 aromatic rings. The molecule has 1 aromatic heterocycles. The molecule has 0 saturated heterocycles. The van der Waals surface area contributed by atoms with Crippen LogP contribution in [0.15, 0.2) is 0 Å². The molecule has 0 spiro atoms. The van der Waals surface area contributed by atoms with Crippen molar-refractivity contribution in [1.29, 1.82) is 0 Å². The number of nitrogens with zero attached hydrogens (tertiary/aromatic N) is 2. The summed E-state index contributed by atoms with van der Waals surface area (Å²) >= 11 is 0. The molecule has 10 heavy (non-hydrogen) atoms. The third-order valence-electron chi connectivity index (χ3n) is 1.73. The van der Waals surface area contributed by atoms with Gasteiger partial charge in [-0.05, 0) is 6.42 Å². The third-order valence-corrected chi connectivity index (χ3v) is 1.73. The summed E-state index contributed by atoms with van der Waals surface area (Å²) in [7, 11) is 1.99. The van der Waals surface area contributed by atoms with Crippen LogP contribution < -0.4 is 4.74 Å². The summed E-state index contributed by atoms with van der Waals surface area (Å²) < 4.78 is 7.03. The summed E-state index contributed by atoms with van der Waals surface area (Å²) in [5.74, 6) is 2.91. The van der Waals surface area contributed by atoms with Gasteiger partial charge in [0.15, 0.2) is 0 Å². The van der Waals surface area contributed by atoms with E-state index in [1.54, 1.807) is 0 Å². The first-order valence-electron chi connectivity index (χ1n) is 3.56. The van der Waals surface area contributed by atoms with Crippen molar-refractivity contribution >= 4 is 0 Å². The van der Waals surface area contributed by atoms with E-state index in [0.717, 1.165) is 30.4 Å². The molecule has 2 heterocycles. The molecule has 0 aliphatic carbocycles. The Morgan fingerprint density at radius 1 is 1.60 bits per heavy atom. The highest BCUT2D eigenvalue weighted by molar-refractivity contribution is 5.44. The second kappa shape index (κ2) is 1.75. The van der Waals surface area contributed by atoms with Crippen LogP contribution in [0.4, 0.5) is 0 Å². The van der Waals surface area contributed by atoms with Crippen LogP contribution in [0.2, 0.25) is 0 Å². The third kappa shape index (κ3) is 0.632. The summed E-state index contributed by atoms with van der Waals surface area (Å²) in [5, 5.41) is 0. The Bertz CT molecular complexity index is 265. The molecule has 0 fully saturated rings. The van der Waals surface area contributed by atoms with Crippen molar-refractivity contribution in [2.24, 2.45) is 7.05 Å². The molecule has 0 amide bonds. The zero-order valence-electron chi connectivity index (χ0n) is 6.22. The second-order valence-electron chi connectivity index (χ2n) is 2.55. The highest BCUT2D eigenvalue weighted by Gasteiger charge is 2.29. The minimum Gasteiger partial charge on any atom is -0.412 e. The Morgan fingerprint density at radius 3 is 2.90 bits per heavy atom. The van der Waals surface area contributed by atoms with Gasteiger partial charge >= 0.3 is 0 Å². The first kappa shape index (κ1) is 5.77. The molecule has 1 aliphatic heterocycles. The lowest BCUT2D eigenvalue weighted by Gasteiger charge is -1.98. The Hall–Kier alpha value is -0.990. The van der Waals surface area contributed by atoms with Crippen molar-refractivity contribution in [3.63, 3.8) is 0 Å². The van der Waals surface area contributed by atoms with Crippen LogP contribution >= 0.6 is 0 Å². The van der Waals surface area contributed by atoms with Crippen molar-refractivity contribution in [3.8, 4) is 11.8 Å². The summed E-state index contributed by atoms with van der Waals surface area (Å²) in [4.78, 5) is 4.23. The average molecular weight is 138 g/mol. The Kier molecular flexibility index (Phi) is 1.01. The number of imidazole rings is 1. The molecule has 0 unspecified atom stereocenters. The van der Waals surface area contributed by atoms with Crippen molar-refractivity contribution in [1.82, 2.24) is 9.55 Å². The molecule has 3 nitrogen and oxygen atoms in total. The van der Waals surface area contributed by atoms with Crippen LogP contribution in [0.3, 0.4) is 0 Å². The highest BCUT2D eigenvalue weighted by Crippen LogP contribution is 2.44. The zero-order chi connectivity index (χ0) is 7.14. The largest absolute Gasteiger partial charge is 0.412 e. The fourth-order valence-corrected chi connectivity index (χ4v) is 1.11. The van der Waals surface area contributed by atoms with Gasteiger partial charge in [0.2, 0.25) is 0 Å². The fraction of sp³-hybridized carbons (Fsp3) is 0.571. The second-order valence-corrected chi connectivity index (χ2v) is 2.55. The maximum absolute atomic E-state index is 5.01. The van der Waals surface area contributed by atoms with E-state index in [4.69, 9.17) is 4.74 Å². The van der Waals surface area contributed by atoms with E-state index >= 15 is 0 Å². The Morgan fingerprint density at radius 2 is 2.40 bits per heavy atom. The number of aromatic nitrogens is 2. The molecule has 0 N–H and O–H groups in total. The lowest BCUT2D eigenvalue weighted by Crippen LogP contribution is -1.98. The average Bonchev–Trinajstić information content (AvgIpc) is 2.60. The Balaban J connectivity index is 2.28. The Labute approximate surface area is 59.6 Å². The van der Waals surface area contributed by atoms with Crippen molar-refractivity contribution in [3.05, 3.63) is 5.82 Å². The van der Waals surface area contributed by atoms with Gasteiger partial charge in [-0.25, -0.2) is 0 Å². The number of hydrogen-bond donors (Lipinski definition) is 0.